The van der Waals surface area contributed by atoms with E-state index in [-0.39, 0.29) is 5.88 Å². The Labute approximate surface area is 210 Å². The molecule has 0 aromatic carbocycles. The zero-order chi connectivity index (χ0) is 27.1. The van der Waals surface area contributed by atoms with Gasteiger partial charge in [0.25, 0.3) is 6.20 Å². The number of morpholine rings is 1. The van der Waals surface area contributed by atoms with Crippen LogP contribution in [0.25, 0.3) is 0 Å². The Morgan fingerprint density at radius 3 is 2.19 bits per heavy atom. The Morgan fingerprint density at radius 1 is 1.00 bits per heavy atom. The number of carbonyl (C=O) groups excluding carboxylic acids is 4. The second kappa shape index (κ2) is 12.4. The van der Waals surface area contributed by atoms with Gasteiger partial charge in [0.1, 0.15) is 18.8 Å². The van der Waals surface area contributed by atoms with E-state index in [2.05, 4.69) is 10.3 Å². The topological polar surface area (TPSA) is 192 Å². The maximum absolute atomic E-state index is 13.2. The first-order chi connectivity index (χ1) is 17.5. The number of hydrogen-bond donors (Lipinski definition) is 0. The van der Waals surface area contributed by atoms with Gasteiger partial charge in [0.05, 0.1) is 31.1 Å². The van der Waals surface area contributed by atoms with Crippen LogP contribution >= 0.6 is 0 Å². The van der Waals surface area contributed by atoms with E-state index in [1.165, 1.54) is 11.0 Å². The maximum atomic E-state index is 13.2. The van der Waals surface area contributed by atoms with Crippen LogP contribution in [0, 0.1) is 0 Å². The number of carbonyl (C=O) groups is 4. The number of esters is 4. The summed E-state index contributed by atoms with van der Waals surface area (Å²) in [5.41, 5.74) is 0. The number of hydrogen-bond acceptors (Lipinski definition) is 15. The van der Waals surface area contributed by atoms with Gasteiger partial charge in [-0.1, -0.05) is 0 Å². The predicted octanol–water partition coefficient (Wildman–Crippen LogP) is -2.55. The monoisotopic (exact) mass is 528 g/mol. The summed E-state index contributed by atoms with van der Waals surface area (Å²) in [7, 11) is 0. The third-order valence-corrected chi connectivity index (χ3v) is 5.18. The molecule has 0 saturated carbocycles. The van der Waals surface area contributed by atoms with Gasteiger partial charge in [0.2, 0.25) is 5.27 Å². The molecule has 0 N–H and O–H groups in total. The van der Waals surface area contributed by atoms with Crippen LogP contribution in [0.2, 0.25) is 0 Å². The number of rotatable bonds is 8. The van der Waals surface area contributed by atoms with Gasteiger partial charge in [-0.15, -0.1) is 5.01 Å². The molecule has 5 atom stereocenters. The second-order valence-corrected chi connectivity index (χ2v) is 8.10. The molecule has 2 aliphatic heterocycles. The highest BCUT2D eigenvalue weighted by Crippen LogP contribution is 2.30. The zero-order valence-corrected chi connectivity index (χ0v) is 20.7. The quantitative estimate of drug-likeness (QED) is 0.112. The molecule has 16 heteroatoms. The summed E-state index contributed by atoms with van der Waals surface area (Å²) in [6.07, 6.45) is -6.01. The lowest BCUT2D eigenvalue weighted by molar-refractivity contribution is -0.759. The third kappa shape index (κ3) is 7.60. The molecule has 3 rings (SSSR count). The average molecular weight is 528 g/mol. The molecule has 0 radical (unpaired) electrons. The fourth-order valence-corrected chi connectivity index (χ4v) is 3.77. The van der Waals surface area contributed by atoms with Crippen molar-refractivity contribution in [2.75, 3.05) is 37.9 Å². The van der Waals surface area contributed by atoms with Crippen LogP contribution in [-0.4, -0.2) is 98.5 Å². The molecule has 2 fully saturated rings. The first-order valence-electron chi connectivity index (χ1n) is 11.3. The Morgan fingerprint density at radius 2 is 1.59 bits per heavy atom. The first kappa shape index (κ1) is 27.8. The molecule has 0 spiro atoms. The van der Waals surface area contributed by atoms with Gasteiger partial charge >= 0.3 is 29.8 Å². The van der Waals surface area contributed by atoms with E-state index in [1.54, 1.807) is 5.01 Å². The molecule has 204 valence electrons. The van der Waals surface area contributed by atoms with Crippen molar-refractivity contribution < 1.29 is 62.0 Å². The SMILES string of the molecule is CC(=O)OC[C@H]1O[C@H](C([O-])=Nc2c[n+](N3CCOCC3)no2)[C@H](OC(C)=O)[C@@H](OC(C)=O)[C@@H]1OC(C)=O. The fraction of sp³-hybridized carbons (Fsp3) is 0.667. The summed E-state index contributed by atoms with van der Waals surface area (Å²) in [5.74, 6) is -4.31. The molecule has 16 nitrogen and oxygen atoms in total. The minimum Gasteiger partial charge on any atom is -0.860 e. The fourth-order valence-electron chi connectivity index (χ4n) is 3.77. The van der Waals surface area contributed by atoms with E-state index in [0.29, 0.717) is 26.3 Å². The molecule has 1 aromatic heterocycles. The van der Waals surface area contributed by atoms with E-state index >= 15 is 0 Å². The molecule has 0 amide bonds. The molecule has 1 aromatic rings. The van der Waals surface area contributed by atoms with Gasteiger partial charge in [0.15, 0.2) is 18.3 Å². The van der Waals surface area contributed by atoms with E-state index < -0.39 is 66.9 Å². The minimum atomic E-state index is -1.65. The van der Waals surface area contributed by atoms with Gasteiger partial charge in [-0.25, -0.2) is 4.99 Å². The highest BCUT2D eigenvalue weighted by atomic mass is 16.7. The molecule has 0 bridgehead atoms. The van der Waals surface area contributed by atoms with E-state index in [0.717, 1.165) is 27.7 Å². The molecule has 0 aliphatic carbocycles. The van der Waals surface area contributed by atoms with Crippen molar-refractivity contribution >= 4 is 35.7 Å². The summed E-state index contributed by atoms with van der Waals surface area (Å²) in [4.78, 5) is 52.2. The van der Waals surface area contributed by atoms with Crippen LogP contribution in [0.5, 0.6) is 0 Å². The highest BCUT2D eigenvalue weighted by Gasteiger charge is 2.52. The number of aromatic nitrogens is 2. The molecule has 2 aliphatic rings. The summed E-state index contributed by atoms with van der Waals surface area (Å²) in [6, 6.07) is 0. The summed E-state index contributed by atoms with van der Waals surface area (Å²) in [5, 5.41) is 18.8. The van der Waals surface area contributed by atoms with Crippen molar-refractivity contribution in [2.24, 2.45) is 4.99 Å². The van der Waals surface area contributed by atoms with Crippen LogP contribution in [0.3, 0.4) is 0 Å². The summed E-state index contributed by atoms with van der Waals surface area (Å²) in [6.45, 7) is 5.93. The van der Waals surface area contributed by atoms with Crippen molar-refractivity contribution in [3.63, 3.8) is 0 Å². The van der Waals surface area contributed by atoms with Gasteiger partial charge < -0.3 is 33.5 Å². The van der Waals surface area contributed by atoms with Crippen LogP contribution in [0.4, 0.5) is 5.88 Å². The average Bonchev–Trinajstić information content (AvgIpc) is 3.28. The molecule has 3 heterocycles. The lowest BCUT2D eigenvalue weighted by atomic mass is 9.94. The lowest BCUT2D eigenvalue weighted by Gasteiger charge is -2.45. The maximum Gasteiger partial charge on any atom is 0.324 e. The summed E-state index contributed by atoms with van der Waals surface area (Å²) < 4.78 is 37.0. The zero-order valence-electron chi connectivity index (χ0n) is 20.7. The molecular weight excluding hydrogens is 500 g/mol. The largest absolute Gasteiger partial charge is 0.860 e. The van der Waals surface area contributed by atoms with Gasteiger partial charge in [-0.05, 0) is 0 Å². The minimum absolute atomic E-state index is 0.190. The first-order valence-corrected chi connectivity index (χ1v) is 11.3. The van der Waals surface area contributed by atoms with Crippen LogP contribution in [-0.2, 0) is 47.6 Å². The highest BCUT2D eigenvalue weighted by molar-refractivity contribution is 5.80. The standard InChI is InChI=1S/C21H28N4O12/c1-11(26)32-10-15-17(33-12(2)27)18(34-13(3)28)19(35-14(4)29)20(36-15)21(30)22-16-9-25(23-37-16)24-5-7-31-8-6-24/h9,15,17-20H,5-8,10H2,1-4H3/t15-,17-,18+,19-,20+/m1/s1. The van der Waals surface area contributed by atoms with Crippen LogP contribution in [0.15, 0.2) is 15.7 Å². The lowest BCUT2D eigenvalue weighted by Crippen LogP contribution is -2.65. The molecule has 2 saturated heterocycles. The normalized spacial score (nSPS) is 26.2. The Hall–Kier alpha value is -3.79. The van der Waals surface area contributed by atoms with Crippen molar-refractivity contribution in [2.45, 2.75) is 58.2 Å². The van der Waals surface area contributed by atoms with Crippen molar-refractivity contribution in [1.82, 2.24) is 5.27 Å². The Bertz CT molecular complexity index is 1020. The van der Waals surface area contributed by atoms with E-state index in [1.807, 2.05) is 0 Å². The van der Waals surface area contributed by atoms with E-state index in [4.69, 9.17) is 32.9 Å². The van der Waals surface area contributed by atoms with Gasteiger partial charge in [0, 0.05) is 33.6 Å². The number of aliphatic imine (C=N–C) groups is 1. The second-order valence-electron chi connectivity index (χ2n) is 8.10. The third-order valence-electron chi connectivity index (χ3n) is 5.18. The Balaban J connectivity index is 1.95. The smallest absolute Gasteiger partial charge is 0.324 e. The molecule has 0 unspecified atom stereocenters. The number of nitrogens with zero attached hydrogens (tertiary/aromatic N) is 4. The molecule has 37 heavy (non-hydrogen) atoms. The number of ether oxygens (including phenoxy) is 6. The van der Waals surface area contributed by atoms with Crippen LogP contribution in [0.1, 0.15) is 27.7 Å². The predicted molar refractivity (Wildman–Crippen MR) is 115 cm³/mol. The van der Waals surface area contributed by atoms with Crippen molar-refractivity contribution in [1.29, 1.82) is 0 Å². The van der Waals surface area contributed by atoms with Gasteiger partial charge in [-0.3, -0.25) is 23.7 Å². The van der Waals surface area contributed by atoms with Crippen molar-refractivity contribution in [3.05, 3.63) is 6.20 Å². The van der Waals surface area contributed by atoms with Crippen LogP contribution < -0.4 is 14.9 Å². The Kier molecular flexibility index (Phi) is 9.35. The van der Waals surface area contributed by atoms with Crippen molar-refractivity contribution in [3.8, 4) is 0 Å². The van der Waals surface area contributed by atoms with Gasteiger partial charge in [-0.2, -0.15) is 0 Å². The van der Waals surface area contributed by atoms with E-state index in [9.17, 15) is 24.3 Å². The molecular formula is C21H28N4O12. The summed E-state index contributed by atoms with van der Waals surface area (Å²) >= 11 is 0.